The highest BCUT2D eigenvalue weighted by Gasteiger charge is 2.15. The standard InChI is InChI=1S/C13H20BrNO2S/c1-2-6-12(9-10-14)11-15-18(16,17)13-7-4-3-5-8-13/h3-5,7-8,12,15H,2,6,9-11H2,1H3. The Morgan fingerprint density at radius 3 is 2.44 bits per heavy atom. The maximum absolute atomic E-state index is 12.0. The molecule has 0 aliphatic heterocycles. The summed E-state index contributed by atoms with van der Waals surface area (Å²) < 4.78 is 26.7. The summed E-state index contributed by atoms with van der Waals surface area (Å²) in [5.74, 6) is 0.396. The van der Waals surface area contributed by atoms with Crippen LogP contribution < -0.4 is 4.72 Å². The van der Waals surface area contributed by atoms with Gasteiger partial charge in [-0.05, 0) is 30.9 Å². The van der Waals surface area contributed by atoms with Gasteiger partial charge in [0.1, 0.15) is 0 Å². The number of hydrogen-bond donors (Lipinski definition) is 1. The lowest BCUT2D eigenvalue weighted by Gasteiger charge is -2.15. The van der Waals surface area contributed by atoms with Crippen molar-refractivity contribution >= 4 is 26.0 Å². The van der Waals surface area contributed by atoms with E-state index >= 15 is 0 Å². The van der Waals surface area contributed by atoms with E-state index in [0.29, 0.717) is 17.4 Å². The van der Waals surface area contributed by atoms with E-state index in [1.807, 2.05) is 6.07 Å². The normalized spacial score (nSPS) is 13.4. The molecule has 0 amide bonds. The van der Waals surface area contributed by atoms with E-state index in [0.717, 1.165) is 24.6 Å². The topological polar surface area (TPSA) is 46.2 Å². The molecule has 1 unspecified atom stereocenters. The predicted molar refractivity (Wildman–Crippen MR) is 78.4 cm³/mol. The Morgan fingerprint density at radius 1 is 1.22 bits per heavy atom. The van der Waals surface area contributed by atoms with Gasteiger partial charge in [-0.25, -0.2) is 13.1 Å². The van der Waals surface area contributed by atoms with Crippen molar-refractivity contribution < 1.29 is 8.42 Å². The van der Waals surface area contributed by atoms with Gasteiger partial charge in [0, 0.05) is 11.9 Å². The van der Waals surface area contributed by atoms with E-state index in [9.17, 15) is 8.42 Å². The molecule has 0 fully saturated rings. The molecule has 5 heteroatoms. The second-order valence-electron chi connectivity index (χ2n) is 4.30. The molecule has 0 aromatic heterocycles. The van der Waals surface area contributed by atoms with Crippen LogP contribution in [0.3, 0.4) is 0 Å². The van der Waals surface area contributed by atoms with Crippen LogP contribution in [-0.2, 0) is 10.0 Å². The van der Waals surface area contributed by atoms with Gasteiger partial charge in [0.25, 0.3) is 0 Å². The summed E-state index contributed by atoms with van der Waals surface area (Å²) in [6.45, 7) is 2.63. The Bertz CT molecular complexity index is 428. The van der Waals surface area contributed by atoms with Crippen molar-refractivity contribution in [3.05, 3.63) is 30.3 Å². The molecule has 0 spiro atoms. The minimum absolute atomic E-state index is 0.332. The maximum atomic E-state index is 12.0. The van der Waals surface area contributed by atoms with E-state index in [4.69, 9.17) is 0 Å². The second-order valence-corrected chi connectivity index (χ2v) is 6.86. The minimum Gasteiger partial charge on any atom is -0.211 e. The zero-order valence-electron chi connectivity index (χ0n) is 10.6. The number of rotatable bonds is 8. The summed E-state index contributed by atoms with van der Waals surface area (Å²) in [7, 11) is -3.36. The van der Waals surface area contributed by atoms with Crippen LogP contribution in [-0.4, -0.2) is 20.3 Å². The molecule has 1 aromatic carbocycles. The lowest BCUT2D eigenvalue weighted by Crippen LogP contribution is -2.29. The first kappa shape index (κ1) is 15.7. The van der Waals surface area contributed by atoms with Gasteiger partial charge in [0.2, 0.25) is 10.0 Å². The van der Waals surface area contributed by atoms with Gasteiger partial charge in [0.05, 0.1) is 4.90 Å². The van der Waals surface area contributed by atoms with Crippen LogP contribution in [0.15, 0.2) is 35.2 Å². The lowest BCUT2D eigenvalue weighted by atomic mass is 10.0. The molecule has 1 aromatic rings. The summed E-state index contributed by atoms with van der Waals surface area (Å²) in [5.41, 5.74) is 0. The molecule has 0 aliphatic rings. The Labute approximate surface area is 118 Å². The Balaban J connectivity index is 2.61. The fourth-order valence-electron chi connectivity index (χ4n) is 1.82. The highest BCUT2D eigenvalue weighted by atomic mass is 79.9. The maximum Gasteiger partial charge on any atom is 0.240 e. The van der Waals surface area contributed by atoms with Crippen molar-refractivity contribution in [2.75, 3.05) is 11.9 Å². The molecule has 0 radical (unpaired) electrons. The molecule has 1 rings (SSSR count). The number of halogens is 1. The van der Waals surface area contributed by atoms with E-state index in [2.05, 4.69) is 27.6 Å². The monoisotopic (exact) mass is 333 g/mol. The number of hydrogen-bond acceptors (Lipinski definition) is 2. The highest BCUT2D eigenvalue weighted by Crippen LogP contribution is 2.14. The summed E-state index contributed by atoms with van der Waals surface area (Å²) in [4.78, 5) is 0.332. The van der Waals surface area contributed by atoms with Crippen molar-refractivity contribution in [2.45, 2.75) is 31.1 Å². The first-order valence-electron chi connectivity index (χ1n) is 6.20. The number of sulfonamides is 1. The Kier molecular flexibility index (Phi) is 6.89. The summed E-state index contributed by atoms with van der Waals surface area (Å²) >= 11 is 3.41. The van der Waals surface area contributed by atoms with Crippen molar-refractivity contribution in [1.29, 1.82) is 0 Å². The highest BCUT2D eigenvalue weighted by molar-refractivity contribution is 9.09. The molecule has 0 heterocycles. The largest absolute Gasteiger partial charge is 0.240 e. The van der Waals surface area contributed by atoms with E-state index in [1.165, 1.54) is 0 Å². The lowest BCUT2D eigenvalue weighted by molar-refractivity contribution is 0.459. The van der Waals surface area contributed by atoms with E-state index in [1.54, 1.807) is 24.3 Å². The van der Waals surface area contributed by atoms with Crippen LogP contribution >= 0.6 is 15.9 Å². The second kappa shape index (κ2) is 7.92. The quantitative estimate of drug-likeness (QED) is 0.742. The molecule has 1 atom stereocenters. The molecular weight excluding hydrogens is 314 g/mol. The van der Waals surface area contributed by atoms with Crippen molar-refractivity contribution in [1.82, 2.24) is 4.72 Å². The van der Waals surface area contributed by atoms with Crippen LogP contribution in [0.1, 0.15) is 26.2 Å². The number of alkyl halides is 1. The Morgan fingerprint density at radius 2 is 1.89 bits per heavy atom. The van der Waals surface area contributed by atoms with Crippen molar-refractivity contribution in [3.8, 4) is 0 Å². The molecule has 0 saturated carbocycles. The zero-order valence-corrected chi connectivity index (χ0v) is 13.0. The molecule has 0 bridgehead atoms. The van der Waals surface area contributed by atoms with E-state index in [-0.39, 0.29) is 0 Å². The van der Waals surface area contributed by atoms with Crippen LogP contribution in [0.4, 0.5) is 0 Å². The van der Waals surface area contributed by atoms with Crippen LogP contribution in [0.5, 0.6) is 0 Å². The van der Waals surface area contributed by atoms with Gasteiger partial charge in [0.15, 0.2) is 0 Å². The molecule has 18 heavy (non-hydrogen) atoms. The fraction of sp³-hybridized carbons (Fsp3) is 0.538. The summed E-state index contributed by atoms with van der Waals surface area (Å²) in [6, 6.07) is 8.50. The van der Waals surface area contributed by atoms with E-state index < -0.39 is 10.0 Å². The van der Waals surface area contributed by atoms with Crippen LogP contribution in [0.25, 0.3) is 0 Å². The average Bonchev–Trinajstić information content (AvgIpc) is 2.38. The summed E-state index contributed by atoms with van der Waals surface area (Å²) in [5, 5.41) is 0.907. The van der Waals surface area contributed by atoms with Gasteiger partial charge >= 0.3 is 0 Å². The minimum atomic E-state index is -3.36. The first-order chi connectivity index (χ1) is 8.60. The third kappa shape index (κ3) is 5.08. The zero-order chi connectivity index (χ0) is 13.4. The van der Waals surface area contributed by atoms with Gasteiger partial charge in [-0.1, -0.05) is 47.5 Å². The molecule has 102 valence electrons. The number of benzene rings is 1. The van der Waals surface area contributed by atoms with Gasteiger partial charge < -0.3 is 0 Å². The van der Waals surface area contributed by atoms with Crippen LogP contribution in [0.2, 0.25) is 0 Å². The average molecular weight is 334 g/mol. The van der Waals surface area contributed by atoms with Crippen molar-refractivity contribution in [2.24, 2.45) is 5.92 Å². The van der Waals surface area contributed by atoms with Gasteiger partial charge in [-0.3, -0.25) is 0 Å². The smallest absolute Gasteiger partial charge is 0.211 e. The Hall–Kier alpha value is -0.390. The third-order valence-corrected chi connectivity index (χ3v) is 4.73. The fourth-order valence-corrected chi connectivity index (χ4v) is 3.61. The molecule has 0 saturated heterocycles. The molecule has 1 N–H and O–H groups in total. The predicted octanol–water partition coefficient (Wildman–Crippen LogP) is 3.17. The SMILES string of the molecule is CCCC(CCBr)CNS(=O)(=O)c1ccccc1. The third-order valence-electron chi connectivity index (χ3n) is 2.83. The number of nitrogens with one attached hydrogen (secondary N) is 1. The van der Waals surface area contributed by atoms with Gasteiger partial charge in [-0.2, -0.15) is 0 Å². The molecule has 3 nitrogen and oxygen atoms in total. The van der Waals surface area contributed by atoms with Crippen LogP contribution in [0, 0.1) is 5.92 Å². The molecule has 0 aliphatic carbocycles. The van der Waals surface area contributed by atoms with Crippen molar-refractivity contribution in [3.63, 3.8) is 0 Å². The first-order valence-corrected chi connectivity index (χ1v) is 8.81. The summed E-state index contributed by atoms with van der Waals surface area (Å²) in [6.07, 6.45) is 3.11. The molecular formula is C13H20BrNO2S. The van der Waals surface area contributed by atoms with Gasteiger partial charge in [-0.15, -0.1) is 0 Å².